The number of imidazole rings is 1. The quantitative estimate of drug-likeness (QED) is 0.564. The van der Waals surface area contributed by atoms with Crippen LogP contribution in [-0.2, 0) is 21.4 Å². The standard InChI is InChI=1S/C22H25ClN4O4S/c23-17-7-6-8-18(15-17)32(30,31)27-20-10-3-2-9-19(20)26(22(27)29)16-21(28)24-11-14-25-12-4-1-5-13-25/h2-3,6-10,15H,1,4-5,11-14,16H2,(H,24,28). The van der Waals surface area contributed by atoms with Crippen molar-refractivity contribution < 1.29 is 13.2 Å². The lowest BCUT2D eigenvalue weighted by Crippen LogP contribution is -2.40. The molecule has 4 rings (SSSR count). The van der Waals surface area contributed by atoms with Crippen molar-refractivity contribution in [1.82, 2.24) is 18.8 Å². The van der Waals surface area contributed by atoms with Crippen LogP contribution in [0.15, 0.2) is 58.2 Å². The highest BCUT2D eigenvalue weighted by Gasteiger charge is 2.26. The van der Waals surface area contributed by atoms with Crippen LogP contribution in [-0.4, -0.2) is 53.9 Å². The van der Waals surface area contributed by atoms with E-state index in [0.29, 0.717) is 12.1 Å². The number of nitrogens with zero attached hydrogens (tertiary/aromatic N) is 3. The molecule has 10 heteroatoms. The average Bonchev–Trinajstić information content (AvgIpc) is 3.06. The Kier molecular flexibility index (Phi) is 6.68. The third-order valence-electron chi connectivity index (χ3n) is 5.63. The van der Waals surface area contributed by atoms with Crippen LogP contribution in [0.4, 0.5) is 0 Å². The van der Waals surface area contributed by atoms with Gasteiger partial charge in [0.15, 0.2) is 0 Å². The van der Waals surface area contributed by atoms with Crippen molar-refractivity contribution in [3.63, 3.8) is 0 Å². The number of piperidine rings is 1. The Morgan fingerprint density at radius 3 is 2.44 bits per heavy atom. The maximum Gasteiger partial charge on any atom is 0.343 e. The molecule has 2 heterocycles. The Morgan fingerprint density at radius 1 is 1.00 bits per heavy atom. The highest BCUT2D eigenvalue weighted by atomic mass is 35.5. The smallest absolute Gasteiger partial charge is 0.343 e. The average molecular weight is 477 g/mol. The molecule has 170 valence electrons. The highest BCUT2D eigenvalue weighted by molar-refractivity contribution is 7.90. The van der Waals surface area contributed by atoms with Crippen LogP contribution < -0.4 is 11.0 Å². The van der Waals surface area contributed by atoms with E-state index in [1.165, 1.54) is 42.0 Å². The number of halogens is 1. The van der Waals surface area contributed by atoms with Gasteiger partial charge in [-0.3, -0.25) is 9.36 Å². The number of hydrogen-bond donors (Lipinski definition) is 1. The summed E-state index contributed by atoms with van der Waals surface area (Å²) in [5.74, 6) is -0.341. The number of aromatic nitrogens is 2. The van der Waals surface area contributed by atoms with Crippen LogP contribution in [0.3, 0.4) is 0 Å². The Hall–Kier alpha value is -2.62. The van der Waals surface area contributed by atoms with E-state index in [0.717, 1.165) is 23.6 Å². The molecule has 0 aliphatic carbocycles. The third kappa shape index (κ3) is 4.60. The molecule has 0 bridgehead atoms. The fourth-order valence-electron chi connectivity index (χ4n) is 4.03. The summed E-state index contributed by atoms with van der Waals surface area (Å²) < 4.78 is 28.4. The molecule has 0 unspecified atom stereocenters. The van der Waals surface area contributed by atoms with Crippen LogP contribution in [0.25, 0.3) is 11.0 Å². The number of carbonyl (C=O) groups excluding carboxylic acids is 1. The van der Waals surface area contributed by atoms with Gasteiger partial charge in [-0.1, -0.05) is 36.2 Å². The first-order valence-electron chi connectivity index (χ1n) is 10.6. The van der Waals surface area contributed by atoms with E-state index >= 15 is 0 Å². The second kappa shape index (κ2) is 9.48. The molecular formula is C22H25ClN4O4S. The minimum Gasteiger partial charge on any atom is -0.353 e. The van der Waals surface area contributed by atoms with Crippen molar-refractivity contribution in [3.8, 4) is 0 Å². The zero-order chi connectivity index (χ0) is 22.7. The van der Waals surface area contributed by atoms with Crippen LogP contribution >= 0.6 is 11.6 Å². The summed E-state index contributed by atoms with van der Waals surface area (Å²) in [5, 5.41) is 3.09. The van der Waals surface area contributed by atoms with E-state index < -0.39 is 15.7 Å². The molecule has 0 atom stereocenters. The van der Waals surface area contributed by atoms with Gasteiger partial charge in [-0.15, -0.1) is 0 Å². The Balaban J connectivity index is 1.60. The Labute approximate surface area is 191 Å². The fourth-order valence-corrected chi connectivity index (χ4v) is 5.74. The first-order valence-corrected chi connectivity index (χ1v) is 12.4. The van der Waals surface area contributed by atoms with E-state index in [1.54, 1.807) is 30.3 Å². The molecule has 3 aromatic rings. The second-order valence-corrected chi connectivity index (χ2v) is 10.1. The normalized spacial score (nSPS) is 15.2. The van der Waals surface area contributed by atoms with Gasteiger partial charge in [0.25, 0.3) is 10.0 Å². The summed E-state index contributed by atoms with van der Waals surface area (Å²) >= 11 is 5.96. The minimum atomic E-state index is -4.20. The van der Waals surface area contributed by atoms with E-state index in [4.69, 9.17) is 11.6 Å². The molecule has 2 aromatic carbocycles. The lowest BCUT2D eigenvalue weighted by Gasteiger charge is -2.26. The highest BCUT2D eigenvalue weighted by Crippen LogP contribution is 2.22. The van der Waals surface area contributed by atoms with Gasteiger partial charge >= 0.3 is 5.69 Å². The summed E-state index contributed by atoms with van der Waals surface area (Å²) in [6, 6.07) is 12.3. The zero-order valence-electron chi connectivity index (χ0n) is 17.5. The molecular weight excluding hydrogens is 452 g/mol. The van der Waals surface area contributed by atoms with Crippen LogP contribution in [0, 0.1) is 0 Å². The number of benzene rings is 2. The van der Waals surface area contributed by atoms with E-state index in [1.807, 2.05) is 0 Å². The molecule has 1 amide bonds. The molecule has 0 radical (unpaired) electrons. The van der Waals surface area contributed by atoms with E-state index in [2.05, 4.69) is 10.2 Å². The van der Waals surface area contributed by atoms with Gasteiger partial charge < -0.3 is 10.2 Å². The molecule has 32 heavy (non-hydrogen) atoms. The van der Waals surface area contributed by atoms with Gasteiger partial charge in [-0.05, 0) is 56.3 Å². The molecule has 1 aliphatic heterocycles. The molecule has 1 fully saturated rings. The van der Waals surface area contributed by atoms with Crippen molar-refractivity contribution in [2.75, 3.05) is 26.2 Å². The molecule has 1 aromatic heterocycles. The monoisotopic (exact) mass is 476 g/mol. The molecule has 1 N–H and O–H groups in total. The molecule has 8 nitrogen and oxygen atoms in total. The number of hydrogen-bond acceptors (Lipinski definition) is 5. The minimum absolute atomic E-state index is 0.0963. The number of carbonyl (C=O) groups is 1. The molecule has 1 aliphatic rings. The van der Waals surface area contributed by atoms with Gasteiger partial charge in [-0.2, -0.15) is 3.97 Å². The van der Waals surface area contributed by atoms with Crippen LogP contribution in [0.2, 0.25) is 5.02 Å². The topological polar surface area (TPSA) is 93.4 Å². The second-order valence-electron chi connectivity index (χ2n) is 7.84. The molecule has 0 spiro atoms. The van der Waals surface area contributed by atoms with Gasteiger partial charge in [0.05, 0.1) is 15.9 Å². The number of para-hydroxylation sites is 2. The van der Waals surface area contributed by atoms with Crippen molar-refractivity contribution in [3.05, 3.63) is 64.0 Å². The van der Waals surface area contributed by atoms with Gasteiger partial charge in [0.2, 0.25) is 5.91 Å². The number of amides is 1. The first-order chi connectivity index (χ1) is 15.4. The van der Waals surface area contributed by atoms with Crippen LogP contribution in [0.1, 0.15) is 19.3 Å². The number of likely N-dealkylation sites (tertiary alicyclic amines) is 1. The van der Waals surface area contributed by atoms with Crippen molar-refractivity contribution in [1.29, 1.82) is 0 Å². The summed E-state index contributed by atoms with van der Waals surface area (Å²) in [6.07, 6.45) is 3.59. The van der Waals surface area contributed by atoms with Crippen molar-refractivity contribution >= 4 is 38.6 Å². The molecule has 1 saturated heterocycles. The summed E-state index contributed by atoms with van der Waals surface area (Å²) in [4.78, 5) is 27.9. The maximum absolute atomic E-state index is 13.3. The summed E-state index contributed by atoms with van der Waals surface area (Å²) in [5.41, 5.74) is -0.217. The number of nitrogens with one attached hydrogen (secondary N) is 1. The number of fused-ring (bicyclic) bond motifs is 1. The van der Waals surface area contributed by atoms with Crippen molar-refractivity contribution in [2.45, 2.75) is 30.7 Å². The predicted octanol–water partition coefficient (Wildman–Crippen LogP) is 2.30. The SMILES string of the molecule is O=C(Cn1c(=O)n(S(=O)(=O)c2cccc(Cl)c2)c2ccccc21)NCCN1CCCCC1. The van der Waals surface area contributed by atoms with Gasteiger partial charge in [0, 0.05) is 18.1 Å². The van der Waals surface area contributed by atoms with Crippen LogP contribution in [0.5, 0.6) is 0 Å². The lowest BCUT2D eigenvalue weighted by atomic mass is 10.1. The maximum atomic E-state index is 13.3. The van der Waals surface area contributed by atoms with E-state index in [-0.39, 0.29) is 27.9 Å². The third-order valence-corrected chi connectivity index (χ3v) is 7.55. The van der Waals surface area contributed by atoms with Crippen molar-refractivity contribution in [2.24, 2.45) is 0 Å². The summed E-state index contributed by atoms with van der Waals surface area (Å²) in [7, 11) is -4.20. The molecule has 0 saturated carbocycles. The lowest BCUT2D eigenvalue weighted by molar-refractivity contribution is -0.121. The largest absolute Gasteiger partial charge is 0.353 e. The Morgan fingerprint density at radius 2 is 1.72 bits per heavy atom. The number of rotatable bonds is 7. The van der Waals surface area contributed by atoms with E-state index in [9.17, 15) is 18.0 Å². The summed E-state index contributed by atoms with van der Waals surface area (Å²) in [6.45, 7) is 3.03. The fraction of sp³-hybridized carbons (Fsp3) is 0.364. The first kappa shape index (κ1) is 22.6. The Bertz CT molecular complexity index is 1290. The predicted molar refractivity (Wildman–Crippen MR) is 124 cm³/mol. The zero-order valence-corrected chi connectivity index (χ0v) is 19.1. The van der Waals surface area contributed by atoms with Gasteiger partial charge in [-0.25, -0.2) is 13.2 Å². The van der Waals surface area contributed by atoms with Gasteiger partial charge in [0.1, 0.15) is 6.54 Å².